The number of halogens is 1. The summed E-state index contributed by atoms with van der Waals surface area (Å²) in [7, 11) is 0. The molecule has 4 N–H and O–H groups in total. The lowest BCUT2D eigenvalue weighted by atomic mass is 10.2. The Morgan fingerprint density at radius 2 is 2.23 bits per heavy atom. The molecule has 1 saturated heterocycles. The third-order valence-corrected chi connectivity index (χ3v) is 1.81. The average molecular weight is 208 g/mol. The van der Waals surface area contributed by atoms with E-state index in [0.29, 0.717) is 0 Å². The maximum absolute atomic E-state index is 11.2. The molecule has 13 heavy (non-hydrogen) atoms. The smallest absolute Gasteiger partial charge is 0.237 e. The first-order chi connectivity index (χ1) is 5.70. The predicted octanol–water partition coefficient (Wildman–Crippen LogP) is -1.24. The second kappa shape index (κ2) is 5.77. The summed E-state index contributed by atoms with van der Waals surface area (Å²) in [6.07, 6.45) is 1.85. The fourth-order valence-corrected chi connectivity index (χ4v) is 1.21. The largest absolute Gasteiger partial charge is 0.368 e. The van der Waals surface area contributed by atoms with Crippen LogP contribution < -0.4 is 16.4 Å². The highest BCUT2D eigenvalue weighted by molar-refractivity contribution is 5.86. The van der Waals surface area contributed by atoms with Crippen molar-refractivity contribution in [2.24, 2.45) is 5.73 Å². The highest BCUT2D eigenvalue weighted by Gasteiger charge is 2.21. The molecular formula is C7H14ClN3O2. The first kappa shape index (κ1) is 12.2. The lowest BCUT2D eigenvalue weighted by molar-refractivity contribution is -0.126. The lowest BCUT2D eigenvalue weighted by Gasteiger charge is -2.08. The van der Waals surface area contributed by atoms with E-state index in [2.05, 4.69) is 10.6 Å². The Morgan fingerprint density at radius 1 is 1.54 bits per heavy atom. The van der Waals surface area contributed by atoms with Crippen molar-refractivity contribution < 1.29 is 9.59 Å². The molecule has 0 bridgehead atoms. The van der Waals surface area contributed by atoms with E-state index in [1.54, 1.807) is 0 Å². The molecule has 0 aromatic carbocycles. The van der Waals surface area contributed by atoms with E-state index in [0.717, 1.165) is 19.4 Å². The third-order valence-electron chi connectivity index (χ3n) is 1.81. The van der Waals surface area contributed by atoms with Crippen molar-refractivity contribution in [1.29, 1.82) is 0 Å². The summed E-state index contributed by atoms with van der Waals surface area (Å²) in [6.45, 7) is 0.797. The number of hydrogen-bond donors (Lipinski definition) is 3. The number of carbonyl (C=O) groups excluding carboxylic acids is 2. The highest BCUT2D eigenvalue weighted by Crippen LogP contribution is 2.03. The molecule has 0 aromatic heterocycles. The zero-order valence-corrected chi connectivity index (χ0v) is 8.02. The zero-order chi connectivity index (χ0) is 8.97. The van der Waals surface area contributed by atoms with Crippen molar-refractivity contribution in [2.75, 3.05) is 13.1 Å². The number of carbonyl (C=O) groups is 2. The quantitative estimate of drug-likeness (QED) is 0.542. The Hall–Kier alpha value is -0.810. The molecule has 1 fully saturated rings. The van der Waals surface area contributed by atoms with E-state index in [-0.39, 0.29) is 30.9 Å². The fourth-order valence-electron chi connectivity index (χ4n) is 1.21. The first-order valence-corrected chi connectivity index (χ1v) is 3.99. The van der Waals surface area contributed by atoms with Gasteiger partial charge in [0, 0.05) is 0 Å². The van der Waals surface area contributed by atoms with Gasteiger partial charge in [-0.15, -0.1) is 12.4 Å². The van der Waals surface area contributed by atoms with Gasteiger partial charge in [-0.1, -0.05) is 0 Å². The first-order valence-electron chi connectivity index (χ1n) is 3.99. The van der Waals surface area contributed by atoms with Gasteiger partial charge in [-0.2, -0.15) is 0 Å². The van der Waals surface area contributed by atoms with E-state index in [9.17, 15) is 9.59 Å². The van der Waals surface area contributed by atoms with Gasteiger partial charge in [-0.05, 0) is 19.4 Å². The third kappa shape index (κ3) is 4.10. The van der Waals surface area contributed by atoms with Crippen LogP contribution in [0.15, 0.2) is 0 Å². The van der Waals surface area contributed by atoms with Gasteiger partial charge >= 0.3 is 0 Å². The minimum Gasteiger partial charge on any atom is -0.368 e. The Morgan fingerprint density at radius 3 is 2.69 bits per heavy atom. The summed E-state index contributed by atoms with van der Waals surface area (Å²) in [4.78, 5) is 21.5. The summed E-state index contributed by atoms with van der Waals surface area (Å²) in [5, 5.41) is 5.46. The van der Waals surface area contributed by atoms with Gasteiger partial charge in [0.25, 0.3) is 0 Å². The summed E-state index contributed by atoms with van der Waals surface area (Å²) in [6, 6.07) is -0.135. The molecule has 0 spiro atoms. The van der Waals surface area contributed by atoms with Crippen LogP contribution in [0.2, 0.25) is 0 Å². The van der Waals surface area contributed by atoms with Gasteiger partial charge < -0.3 is 16.4 Å². The zero-order valence-electron chi connectivity index (χ0n) is 7.21. The van der Waals surface area contributed by atoms with Crippen LogP contribution in [0.5, 0.6) is 0 Å². The minimum absolute atomic E-state index is 0. The van der Waals surface area contributed by atoms with Crippen LogP contribution in [0.3, 0.4) is 0 Å². The molecule has 0 aliphatic carbocycles. The van der Waals surface area contributed by atoms with Crippen LogP contribution in [0.1, 0.15) is 12.8 Å². The van der Waals surface area contributed by atoms with Crippen molar-refractivity contribution in [3.63, 3.8) is 0 Å². The topological polar surface area (TPSA) is 84.2 Å². The standard InChI is InChI=1S/C7H13N3O2.ClH/c8-6(11)4-10-7(12)5-2-1-3-9-5;/h5,9H,1-4H2,(H2,8,11)(H,10,12);1H/t5-;/m0./s1. The number of amides is 2. The molecule has 0 unspecified atom stereocenters. The van der Waals surface area contributed by atoms with E-state index in [1.165, 1.54) is 0 Å². The van der Waals surface area contributed by atoms with Crippen LogP contribution in [0.4, 0.5) is 0 Å². The number of nitrogens with two attached hydrogens (primary N) is 1. The molecule has 1 aliphatic rings. The van der Waals surface area contributed by atoms with Crippen molar-refractivity contribution in [1.82, 2.24) is 10.6 Å². The van der Waals surface area contributed by atoms with Gasteiger partial charge in [0.1, 0.15) is 0 Å². The van der Waals surface area contributed by atoms with Crippen molar-refractivity contribution in [2.45, 2.75) is 18.9 Å². The predicted molar refractivity (Wildman–Crippen MR) is 50.5 cm³/mol. The highest BCUT2D eigenvalue weighted by atomic mass is 35.5. The average Bonchev–Trinajstić information content (AvgIpc) is 2.51. The summed E-state index contributed by atoms with van der Waals surface area (Å²) < 4.78 is 0. The Kier molecular flexibility index (Phi) is 5.41. The molecule has 0 radical (unpaired) electrons. The summed E-state index contributed by atoms with van der Waals surface area (Å²) in [5.41, 5.74) is 4.87. The van der Waals surface area contributed by atoms with Gasteiger partial charge in [0.05, 0.1) is 12.6 Å². The van der Waals surface area contributed by atoms with E-state index in [1.807, 2.05) is 0 Å². The molecule has 76 valence electrons. The molecule has 2 amide bonds. The number of rotatable bonds is 3. The molecule has 1 rings (SSSR count). The Balaban J connectivity index is 0.00000144. The number of primary amides is 1. The minimum atomic E-state index is -0.513. The second-order valence-corrected chi connectivity index (χ2v) is 2.83. The molecular weight excluding hydrogens is 194 g/mol. The number of hydrogen-bond acceptors (Lipinski definition) is 3. The fraction of sp³-hybridized carbons (Fsp3) is 0.714. The maximum Gasteiger partial charge on any atom is 0.237 e. The molecule has 6 heteroatoms. The van der Waals surface area contributed by atoms with E-state index in [4.69, 9.17) is 5.73 Å². The molecule has 1 heterocycles. The number of nitrogens with one attached hydrogen (secondary N) is 2. The van der Waals surface area contributed by atoms with Crippen LogP contribution in [-0.2, 0) is 9.59 Å². The van der Waals surface area contributed by atoms with Crippen LogP contribution in [0, 0.1) is 0 Å². The lowest BCUT2D eigenvalue weighted by Crippen LogP contribution is -2.43. The molecule has 1 atom stereocenters. The van der Waals surface area contributed by atoms with Crippen molar-refractivity contribution in [3.05, 3.63) is 0 Å². The van der Waals surface area contributed by atoms with Crippen molar-refractivity contribution >= 4 is 24.2 Å². The summed E-state index contributed by atoms with van der Waals surface area (Å²) >= 11 is 0. The van der Waals surface area contributed by atoms with Crippen molar-refractivity contribution in [3.8, 4) is 0 Å². The summed E-state index contributed by atoms with van der Waals surface area (Å²) in [5.74, 6) is -0.646. The van der Waals surface area contributed by atoms with E-state index < -0.39 is 5.91 Å². The Labute approximate surface area is 82.8 Å². The van der Waals surface area contributed by atoms with Gasteiger partial charge in [0.2, 0.25) is 11.8 Å². The molecule has 0 aromatic rings. The Bertz CT molecular complexity index is 192. The van der Waals surface area contributed by atoms with Crippen LogP contribution in [-0.4, -0.2) is 30.9 Å². The maximum atomic E-state index is 11.2. The monoisotopic (exact) mass is 207 g/mol. The van der Waals surface area contributed by atoms with Gasteiger partial charge in [0.15, 0.2) is 0 Å². The van der Waals surface area contributed by atoms with Gasteiger partial charge in [-0.25, -0.2) is 0 Å². The van der Waals surface area contributed by atoms with Gasteiger partial charge in [-0.3, -0.25) is 9.59 Å². The second-order valence-electron chi connectivity index (χ2n) is 2.83. The molecule has 1 aliphatic heterocycles. The van der Waals surface area contributed by atoms with E-state index >= 15 is 0 Å². The molecule has 5 nitrogen and oxygen atoms in total. The SMILES string of the molecule is Cl.NC(=O)CNC(=O)[C@@H]1CCCN1. The van der Waals surface area contributed by atoms with Crippen LogP contribution >= 0.6 is 12.4 Å². The molecule has 0 saturated carbocycles. The normalized spacial score (nSPS) is 20.5. The van der Waals surface area contributed by atoms with Crippen LogP contribution in [0.25, 0.3) is 0 Å².